The van der Waals surface area contributed by atoms with Crippen LogP contribution in [0.15, 0.2) is 0 Å². The van der Waals surface area contributed by atoms with Gasteiger partial charge >= 0.3 is 12.1 Å². The van der Waals surface area contributed by atoms with E-state index in [1.165, 1.54) is 0 Å². The lowest BCUT2D eigenvalue weighted by Crippen LogP contribution is -2.49. The first-order valence-electron chi connectivity index (χ1n) is 5.76. The maximum Gasteiger partial charge on any atom is 0.391 e. The minimum atomic E-state index is -4.21. The predicted octanol–water partition coefficient (Wildman–Crippen LogP) is 1.89. The molecule has 0 saturated carbocycles. The van der Waals surface area contributed by atoms with Gasteiger partial charge in [0.1, 0.15) is 5.54 Å². The lowest BCUT2D eigenvalue weighted by molar-refractivity contribution is -0.153. The number of halogens is 3. The zero-order chi connectivity index (χ0) is 14.2. The van der Waals surface area contributed by atoms with Crippen LogP contribution < -0.4 is 5.32 Å². The minimum Gasteiger partial charge on any atom is -0.465 e. The second-order valence-electron chi connectivity index (χ2n) is 4.03. The Hall–Kier alpha value is -0.820. The molecule has 1 unspecified atom stereocenters. The molecule has 0 rings (SSSR count). The largest absolute Gasteiger partial charge is 0.465 e. The molecule has 0 bridgehead atoms. The fourth-order valence-corrected chi connectivity index (χ4v) is 1.19. The first-order valence-corrected chi connectivity index (χ1v) is 5.76. The summed E-state index contributed by atoms with van der Waals surface area (Å²) in [5.41, 5.74) is -0.936. The molecule has 0 aromatic heterocycles. The Morgan fingerprint density at radius 2 is 1.78 bits per heavy atom. The monoisotopic (exact) mass is 271 g/mol. The Labute approximate surface area is 105 Å². The minimum absolute atomic E-state index is 0.0617. The molecule has 18 heavy (non-hydrogen) atoms. The SMILES string of the molecule is CCOC(=O)C(C)(CCOCCC(F)(F)F)NC. The van der Waals surface area contributed by atoms with Crippen LogP contribution in [0, 0.1) is 0 Å². The molecule has 0 radical (unpaired) electrons. The van der Waals surface area contributed by atoms with Crippen LogP contribution >= 0.6 is 0 Å². The van der Waals surface area contributed by atoms with Crippen molar-refractivity contribution in [2.24, 2.45) is 0 Å². The molecule has 0 aliphatic heterocycles. The number of carbonyl (C=O) groups excluding carboxylic acids is 1. The molecule has 0 fully saturated rings. The Morgan fingerprint density at radius 1 is 1.22 bits per heavy atom. The molecule has 1 atom stereocenters. The highest BCUT2D eigenvalue weighted by Crippen LogP contribution is 2.19. The molecule has 4 nitrogen and oxygen atoms in total. The number of carbonyl (C=O) groups is 1. The van der Waals surface area contributed by atoms with Crippen LogP contribution in [0.3, 0.4) is 0 Å². The topological polar surface area (TPSA) is 47.6 Å². The van der Waals surface area contributed by atoms with E-state index in [0.717, 1.165) is 0 Å². The van der Waals surface area contributed by atoms with Crippen molar-refractivity contribution >= 4 is 5.97 Å². The van der Waals surface area contributed by atoms with Gasteiger partial charge in [-0.1, -0.05) is 0 Å². The lowest BCUT2D eigenvalue weighted by Gasteiger charge is -2.26. The van der Waals surface area contributed by atoms with E-state index in [-0.39, 0.29) is 19.6 Å². The van der Waals surface area contributed by atoms with Gasteiger partial charge in [-0.3, -0.25) is 4.79 Å². The number of alkyl halides is 3. The number of hydrogen-bond donors (Lipinski definition) is 1. The Balaban J connectivity index is 3.97. The van der Waals surface area contributed by atoms with E-state index in [2.05, 4.69) is 5.32 Å². The number of nitrogens with one attached hydrogen (secondary N) is 1. The van der Waals surface area contributed by atoms with Crippen molar-refractivity contribution in [1.29, 1.82) is 0 Å². The fraction of sp³-hybridized carbons (Fsp3) is 0.909. The van der Waals surface area contributed by atoms with Crippen molar-refractivity contribution in [2.75, 3.05) is 26.9 Å². The zero-order valence-electron chi connectivity index (χ0n) is 10.9. The highest BCUT2D eigenvalue weighted by atomic mass is 19.4. The number of ether oxygens (including phenoxy) is 2. The van der Waals surface area contributed by atoms with Crippen molar-refractivity contribution in [3.8, 4) is 0 Å². The molecule has 1 N–H and O–H groups in total. The van der Waals surface area contributed by atoms with Gasteiger partial charge in [-0.25, -0.2) is 0 Å². The second kappa shape index (κ2) is 7.58. The second-order valence-corrected chi connectivity index (χ2v) is 4.03. The van der Waals surface area contributed by atoms with Crippen LogP contribution in [-0.4, -0.2) is 44.6 Å². The van der Waals surface area contributed by atoms with E-state index in [1.54, 1.807) is 20.9 Å². The van der Waals surface area contributed by atoms with Gasteiger partial charge in [0, 0.05) is 6.61 Å². The van der Waals surface area contributed by atoms with E-state index in [9.17, 15) is 18.0 Å². The molecule has 0 heterocycles. The van der Waals surface area contributed by atoms with Gasteiger partial charge in [0.15, 0.2) is 0 Å². The summed E-state index contributed by atoms with van der Waals surface area (Å²) in [6.45, 7) is 3.23. The molecular weight excluding hydrogens is 251 g/mol. The van der Waals surface area contributed by atoms with Crippen LogP contribution in [0.1, 0.15) is 26.7 Å². The quantitative estimate of drug-likeness (QED) is 0.541. The first-order chi connectivity index (χ1) is 8.25. The third-order valence-electron chi connectivity index (χ3n) is 2.55. The molecule has 0 aliphatic carbocycles. The van der Waals surface area contributed by atoms with Crippen molar-refractivity contribution in [1.82, 2.24) is 5.32 Å². The molecule has 0 spiro atoms. The summed E-state index contributed by atoms with van der Waals surface area (Å²) < 4.78 is 45.3. The smallest absolute Gasteiger partial charge is 0.391 e. The third-order valence-corrected chi connectivity index (χ3v) is 2.55. The van der Waals surface area contributed by atoms with Crippen LogP contribution in [0.2, 0.25) is 0 Å². The fourth-order valence-electron chi connectivity index (χ4n) is 1.19. The average Bonchev–Trinajstić information content (AvgIpc) is 2.27. The normalized spacial score (nSPS) is 15.2. The van der Waals surface area contributed by atoms with E-state index >= 15 is 0 Å². The molecular formula is C11H20F3NO3. The highest BCUT2D eigenvalue weighted by molar-refractivity contribution is 5.80. The van der Waals surface area contributed by atoms with Crippen molar-refractivity contribution in [2.45, 2.75) is 38.4 Å². The maximum absolute atomic E-state index is 11.8. The molecule has 0 amide bonds. The van der Waals surface area contributed by atoms with E-state index in [4.69, 9.17) is 9.47 Å². The standard InChI is InChI=1S/C11H20F3NO3/c1-4-18-9(16)10(2,15-3)5-7-17-8-6-11(12,13)14/h15H,4-8H2,1-3H3. The Kier molecular flexibility index (Phi) is 7.23. The summed E-state index contributed by atoms with van der Waals surface area (Å²) in [6.07, 6.45) is -4.95. The van der Waals surface area contributed by atoms with Crippen LogP contribution in [-0.2, 0) is 14.3 Å². The van der Waals surface area contributed by atoms with Gasteiger partial charge in [-0.15, -0.1) is 0 Å². The predicted molar refractivity (Wildman–Crippen MR) is 60.2 cm³/mol. The number of rotatable bonds is 8. The van der Waals surface area contributed by atoms with Crippen molar-refractivity contribution in [3.63, 3.8) is 0 Å². The summed E-state index contributed by atoms with van der Waals surface area (Å²) in [5, 5.41) is 2.79. The zero-order valence-corrected chi connectivity index (χ0v) is 10.9. The summed E-state index contributed by atoms with van der Waals surface area (Å²) >= 11 is 0. The average molecular weight is 271 g/mol. The van der Waals surface area contributed by atoms with E-state index in [0.29, 0.717) is 0 Å². The molecule has 0 aliphatic rings. The molecule has 0 aromatic rings. The first kappa shape index (κ1) is 17.2. The molecule has 0 aromatic carbocycles. The molecule has 7 heteroatoms. The molecule has 0 saturated heterocycles. The summed E-state index contributed by atoms with van der Waals surface area (Å²) in [6, 6.07) is 0. The summed E-state index contributed by atoms with van der Waals surface area (Å²) in [4.78, 5) is 11.6. The van der Waals surface area contributed by atoms with Gasteiger partial charge < -0.3 is 14.8 Å². The number of hydrogen-bond acceptors (Lipinski definition) is 4. The van der Waals surface area contributed by atoms with Gasteiger partial charge in [0.25, 0.3) is 0 Å². The maximum atomic E-state index is 11.8. The van der Waals surface area contributed by atoms with Crippen molar-refractivity contribution < 1.29 is 27.4 Å². The van der Waals surface area contributed by atoms with Gasteiger partial charge in [0.05, 0.1) is 19.6 Å². The van der Waals surface area contributed by atoms with Gasteiger partial charge in [-0.2, -0.15) is 13.2 Å². The third kappa shape index (κ3) is 6.80. The lowest BCUT2D eigenvalue weighted by atomic mass is 9.99. The number of likely N-dealkylation sites (N-methyl/N-ethyl adjacent to an activating group) is 1. The highest BCUT2D eigenvalue weighted by Gasteiger charge is 2.33. The Bertz CT molecular complexity index is 258. The van der Waals surface area contributed by atoms with Gasteiger partial charge in [0.2, 0.25) is 0 Å². The Morgan fingerprint density at radius 3 is 2.22 bits per heavy atom. The van der Waals surface area contributed by atoms with Crippen LogP contribution in [0.5, 0.6) is 0 Å². The van der Waals surface area contributed by atoms with Crippen LogP contribution in [0.4, 0.5) is 13.2 Å². The van der Waals surface area contributed by atoms with E-state index in [1.807, 2.05) is 0 Å². The summed E-state index contributed by atoms with van der Waals surface area (Å²) in [7, 11) is 1.59. The summed E-state index contributed by atoms with van der Waals surface area (Å²) in [5.74, 6) is -0.438. The molecule has 108 valence electrons. The van der Waals surface area contributed by atoms with Gasteiger partial charge in [-0.05, 0) is 27.3 Å². The number of esters is 1. The van der Waals surface area contributed by atoms with Crippen molar-refractivity contribution in [3.05, 3.63) is 0 Å². The van der Waals surface area contributed by atoms with Crippen LogP contribution in [0.25, 0.3) is 0 Å². The van der Waals surface area contributed by atoms with E-state index < -0.39 is 30.7 Å².